The van der Waals surface area contributed by atoms with Crippen LogP contribution in [0.4, 0.5) is 5.69 Å². The van der Waals surface area contributed by atoms with Gasteiger partial charge >= 0.3 is 0 Å². The van der Waals surface area contributed by atoms with Crippen LogP contribution in [0.25, 0.3) is 10.8 Å². The molecular weight excluding hydrogens is 388 g/mol. The van der Waals surface area contributed by atoms with E-state index in [9.17, 15) is 9.59 Å². The molecule has 0 spiro atoms. The first-order chi connectivity index (χ1) is 15.2. The van der Waals surface area contributed by atoms with Crippen molar-refractivity contribution < 1.29 is 14.3 Å². The maximum atomic E-state index is 12.3. The van der Waals surface area contributed by atoms with Crippen molar-refractivity contribution in [2.24, 2.45) is 0 Å². The molecule has 0 atom stereocenters. The molecule has 2 amide bonds. The molecule has 0 heterocycles. The number of carbonyl (C=O) groups excluding carboxylic acids is 2. The van der Waals surface area contributed by atoms with Crippen LogP contribution in [0, 0.1) is 0 Å². The van der Waals surface area contributed by atoms with Crippen LogP contribution >= 0.6 is 0 Å². The van der Waals surface area contributed by atoms with Gasteiger partial charge in [-0.25, -0.2) is 0 Å². The first kappa shape index (κ1) is 20.2. The summed E-state index contributed by atoms with van der Waals surface area (Å²) < 4.78 is 5.57. The summed E-state index contributed by atoms with van der Waals surface area (Å²) in [5, 5.41) is 7.81. The fourth-order valence-electron chi connectivity index (χ4n) is 3.25. The van der Waals surface area contributed by atoms with Crippen LogP contribution in [0.15, 0.2) is 97.1 Å². The predicted molar refractivity (Wildman–Crippen MR) is 122 cm³/mol. The lowest BCUT2D eigenvalue weighted by molar-refractivity contribution is -0.118. The molecule has 31 heavy (non-hydrogen) atoms. The Bertz CT molecular complexity index is 1180. The van der Waals surface area contributed by atoms with Crippen LogP contribution in [0.1, 0.15) is 15.9 Å². The van der Waals surface area contributed by atoms with E-state index in [1.807, 2.05) is 72.8 Å². The van der Waals surface area contributed by atoms with E-state index in [1.54, 1.807) is 24.3 Å². The number of hydrogen-bond acceptors (Lipinski definition) is 3. The summed E-state index contributed by atoms with van der Waals surface area (Å²) in [6.07, 6.45) is 0. The monoisotopic (exact) mass is 410 g/mol. The van der Waals surface area contributed by atoms with Crippen molar-refractivity contribution in [3.8, 4) is 5.75 Å². The van der Waals surface area contributed by atoms with Crippen molar-refractivity contribution in [3.05, 3.63) is 108 Å². The Balaban J connectivity index is 1.29. The SMILES string of the molecule is O=C(COc1ccc(C(=O)NCc2ccccc2)cc1)Nc1cccc2ccccc12. The number of anilines is 1. The Morgan fingerprint density at radius 3 is 2.26 bits per heavy atom. The summed E-state index contributed by atoms with van der Waals surface area (Å²) in [5.41, 5.74) is 2.31. The first-order valence-corrected chi connectivity index (χ1v) is 10.0. The molecule has 0 aliphatic carbocycles. The molecule has 0 saturated heterocycles. The molecule has 0 aromatic heterocycles. The summed E-state index contributed by atoms with van der Waals surface area (Å²) in [4.78, 5) is 24.6. The van der Waals surface area contributed by atoms with Gasteiger partial charge in [0.25, 0.3) is 11.8 Å². The molecule has 0 aliphatic heterocycles. The highest BCUT2D eigenvalue weighted by Crippen LogP contribution is 2.23. The van der Waals surface area contributed by atoms with Gasteiger partial charge in [-0.3, -0.25) is 9.59 Å². The molecule has 4 aromatic rings. The average molecular weight is 410 g/mol. The average Bonchev–Trinajstić information content (AvgIpc) is 2.82. The Morgan fingerprint density at radius 2 is 1.45 bits per heavy atom. The van der Waals surface area contributed by atoms with Crippen molar-refractivity contribution in [1.82, 2.24) is 5.32 Å². The second-order valence-corrected chi connectivity index (χ2v) is 7.06. The quantitative estimate of drug-likeness (QED) is 0.460. The molecular formula is C26H22N2O3. The van der Waals surface area contributed by atoms with E-state index in [-0.39, 0.29) is 18.4 Å². The largest absolute Gasteiger partial charge is 0.484 e. The maximum Gasteiger partial charge on any atom is 0.262 e. The lowest BCUT2D eigenvalue weighted by Gasteiger charge is -2.10. The third-order valence-corrected chi connectivity index (χ3v) is 4.85. The second-order valence-electron chi connectivity index (χ2n) is 7.06. The highest BCUT2D eigenvalue weighted by Gasteiger charge is 2.08. The van der Waals surface area contributed by atoms with Gasteiger partial charge in [0.2, 0.25) is 0 Å². The van der Waals surface area contributed by atoms with E-state index in [2.05, 4.69) is 10.6 Å². The van der Waals surface area contributed by atoms with Gasteiger partial charge in [-0.15, -0.1) is 0 Å². The molecule has 0 fully saturated rings. The van der Waals surface area contributed by atoms with Gasteiger partial charge in [-0.2, -0.15) is 0 Å². The fraction of sp³-hybridized carbons (Fsp3) is 0.0769. The van der Waals surface area contributed by atoms with E-state index >= 15 is 0 Å². The molecule has 0 bridgehead atoms. The second kappa shape index (κ2) is 9.59. The Morgan fingerprint density at radius 1 is 0.742 bits per heavy atom. The first-order valence-electron chi connectivity index (χ1n) is 10.0. The standard InChI is InChI=1S/C26H22N2O3/c29-25(28-24-12-6-10-20-9-4-5-11-23(20)24)18-31-22-15-13-21(14-16-22)26(30)27-17-19-7-2-1-3-8-19/h1-16H,17-18H2,(H,27,30)(H,28,29). The molecule has 0 aliphatic rings. The normalized spacial score (nSPS) is 10.5. The molecule has 0 unspecified atom stereocenters. The van der Waals surface area contributed by atoms with Crippen LogP contribution in [-0.2, 0) is 11.3 Å². The van der Waals surface area contributed by atoms with Crippen LogP contribution in [0.3, 0.4) is 0 Å². The summed E-state index contributed by atoms with van der Waals surface area (Å²) >= 11 is 0. The van der Waals surface area contributed by atoms with Gasteiger partial charge in [0.05, 0.1) is 0 Å². The van der Waals surface area contributed by atoms with E-state index in [0.29, 0.717) is 17.9 Å². The lowest BCUT2D eigenvalue weighted by atomic mass is 10.1. The topological polar surface area (TPSA) is 67.4 Å². The van der Waals surface area contributed by atoms with E-state index in [0.717, 1.165) is 22.0 Å². The number of benzene rings is 4. The molecule has 0 saturated carbocycles. The number of carbonyl (C=O) groups is 2. The van der Waals surface area contributed by atoms with Gasteiger partial charge < -0.3 is 15.4 Å². The van der Waals surface area contributed by atoms with E-state index in [1.165, 1.54) is 0 Å². The van der Waals surface area contributed by atoms with Crippen molar-refractivity contribution >= 4 is 28.3 Å². The van der Waals surface area contributed by atoms with Gasteiger partial charge in [0, 0.05) is 23.2 Å². The zero-order valence-corrected chi connectivity index (χ0v) is 16.9. The number of amides is 2. The smallest absolute Gasteiger partial charge is 0.262 e. The minimum atomic E-state index is -0.249. The Kier molecular flexibility index (Phi) is 6.24. The lowest BCUT2D eigenvalue weighted by Crippen LogP contribution is -2.22. The highest BCUT2D eigenvalue weighted by atomic mass is 16.5. The minimum Gasteiger partial charge on any atom is -0.484 e. The van der Waals surface area contributed by atoms with Gasteiger partial charge in [-0.1, -0.05) is 66.7 Å². The third kappa shape index (κ3) is 5.28. The van der Waals surface area contributed by atoms with Crippen LogP contribution in [0.2, 0.25) is 0 Å². The Labute approximate surface area is 180 Å². The highest BCUT2D eigenvalue weighted by molar-refractivity contribution is 6.02. The molecule has 4 rings (SSSR count). The molecule has 5 nitrogen and oxygen atoms in total. The van der Waals surface area contributed by atoms with Crippen molar-refractivity contribution in [3.63, 3.8) is 0 Å². The van der Waals surface area contributed by atoms with Gasteiger partial charge in [0.15, 0.2) is 6.61 Å². The van der Waals surface area contributed by atoms with Gasteiger partial charge in [0.1, 0.15) is 5.75 Å². The van der Waals surface area contributed by atoms with Crippen molar-refractivity contribution in [2.45, 2.75) is 6.54 Å². The summed E-state index contributed by atoms with van der Waals surface area (Å²) in [7, 11) is 0. The van der Waals surface area contributed by atoms with E-state index in [4.69, 9.17) is 4.74 Å². The zero-order chi connectivity index (χ0) is 21.5. The number of rotatable bonds is 7. The molecule has 2 N–H and O–H groups in total. The van der Waals surface area contributed by atoms with Crippen molar-refractivity contribution in [2.75, 3.05) is 11.9 Å². The van der Waals surface area contributed by atoms with Crippen LogP contribution in [0.5, 0.6) is 5.75 Å². The predicted octanol–water partition coefficient (Wildman–Crippen LogP) is 4.79. The number of ether oxygens (including phenoxy) is 1. The molecule has 0 radical (unpaired) electrons. The third-order valence-electron chi connectivity index (χ3n) is 4.85. The molecule has 5 heteroatoms. The zero-order valence-electron chi connectivity index (χ0n) is 16.9. The van der Waals surface area contributed by atoms with E-state index < -0.39 is 0 Å². The maximum absolute atomic E-state index is 12.3. The number of fused-ring (bicyclic) bond motifs is 1. The fourth-order valence-corrected chi connectivity index (χ4v) is 3.25. The molecule has 154 valence electrons. The van der Waals surface area contributed by atoms with Crippen LogP contribution in [-0.4, -0.2) is 18.4 Å². The Hall–Kier alpha value is -4.12. The van der Waals surface area contributed by atoms with Crippen LogP contribution < -0.4 is 15.4 Å². The van der Waals surface area contributed by atoms with Crippen molar-refractivity contribution in [1.29, 1.82) is 0 Å². The summed E-state index contributed by atoms with van der Waals surface area (Å²) in [6, 6.07) is 30.1. The summed E-state index contributed by atoms with van der Waals surface area (Å²) in [5.74, 6) is 0.109. The number of hydrogen-bond donors (Lipinski definition) is 2. The summed E-state index contributed by atoms with van der Waals surface area (Å²) in [6.45, 7) is 0.342. The minimum absolute atomic E-state index is 0.122. The molecule has 4 aromatic carbocycles. The number of nitrogens with one attached hydrogen (secondary N) is 2. The van der Waals surface area contributed by atoms with Gasteiger partial charge in [-0.05, 0) is 41.3 Å².